The molecule has 5 aliphatic rings. The first-order valence-corrected chi connectivity index (χ1v) is 18.2. The van der Waals surface area contributed by atoms with Crippen molar-refractivity contribution < 1.29 is 31.5 Å². The molecular weight excluding hydrogens is 598 g/mol. The Morgan fingerprint density at radius 3 is 2.47 bits per heavy atom. The van der Waals surface area contributed by atoms with Crippen molar-refractivity contribution in [2.45, 2.75) is 118 Å². The molecular formula is C35H42F2N2O5S. The van der Waals surface area contributed by atoms with Crippen molar-refractivity contribution >= 4 is 21.7 Å². The van der Waals surface area contributed by atoms with E-state index in [-0.39, 0.29) is 60.9 Å². The van der Waals surface area contributed by atoms with Crippen molar-refractivity contribution in [3.8, 4) is 16.9 Å². The van der Waals surface area contributed by atoms with Crippen LogP contribution in [0, 0.1) is 11.7 Å². The fraction of sp³-hybridized carbons (Fsp3) is 0.600. The van der Waals surface area contributed by atoms with Gasteiger partial charge in [0.1, 0.15) is 11.6 Å². The highest BCUT2D eigenvalue weighted by atomic mass is 32.2. The second-order valence-electron chi connectivity index (χ2n) is 14.3. The van der Waals surface area contributed by atoms with Crippen LogP contribution in [0.5, 0.6) is 5.75 Å². The molecule has 2 aromatic carbocycles. The second-order valence-corrected chi connectivity index (χ2v) is 16.2. The summed E-state index contributed by atoms with van der Waals surface area (Å²) in [5.74, 6) is -0.486. The van der Waals surface area contributed by atoms with Crippen molar-refractivity contribution in [2.75, 3.05) is 6.54 Å². The molecule has 7 nitrogen and oxygen atoms in total. The first-order valence-electron chi connectivity index (χ1n) is 16.6. The minimum absolute atomic E-state index is 0.0348. The first-order chi connectivity index (χ1) is 21.5. The molecule has 5 fully saturated rings. The summed E-state index contributed by atoms with van der Waals surface area (Å²) in [7, 11) is -3.66. The highest BCUT2D eigenvalue weighted by Gasteiger charge is 2.55. The zero-order valence-electron chi connectivity index (χ0n) is 25.6. The van der Waals surface area contributed by atoms with Crippen molar-refractivity contribution in [1.29, 1.82) is 0 Å². The highest BCUT2D eigenvalue weighted by molar-refractivity contribution is 7.90. The number of halogens is 2. The number of nitrogens with one attached hydrogen (secondary N) is 2. The first kappa shape index (κ1) is 30.8. The van der Waals surface area contributed by atoms with Gasteiger partial charge in [0, 0.05) is 30.5 Å². The third-order valence-electron chi connectivity index (χ3n) is 10.9. The number of rotatable bonds is 11. The predicted molar refractivity (Wildman–Crippen MR) is 167 cm³/mol. The monoisotopic (exact) mass is 640 g/mol. The number of carbonyl (C=O) groups excluding carboxylic acids is 2. The molecule has 1 heterocycles. The number of Topliss-reactive ketones (excluding diaryl/α,β-unsaturated/α-hetero) is 1. The molecule has 7 rings (SSSR count). The predicted octanol–water partition coefficient (Wildman–Crippen LogP) is 6.04. The number of hydrogen-bond donors (Lipinski definition) is 2. The van der Waals surface area contributed by atoms with Gasteiger partial charge in [-0.1, -0.05) is 24.6 Å². The van der Waals surface area contributed by atoms with Crippen molar-refractivity contribution in [1.82, 2.24) is 10.0 Å². The van der Waals surface area contributed by atoms with Gasteiger partial charge in [-0.2, -0.15) is 0 Å². The minimum Gasteiger partial charge on any atom is -0.490 e. The van der Waals surface area contributed by atoms with E-state index in [0.29, 0.717) is 47.3 Å². The van der Waals surface area contributed by atoms with E-state index in [9.17, 15) is 18.0 Å². The van der Waals surface area contributed by atoms with E-state index in [1.54, 1.807) is 18.2 Å². The Morgan fingerprint density at radius 1 is 1.00 bits per heavy atom. The van der Waals surface area contributed by atoms with Crippen LogP contribution in [0.3, 0.4) is 0 Å². The molecule has 4 saturated carbocycles. The smallest absolute Gasteiger partial charge is 0.237 e. The molecule has 242 valence electrons. The molecule has 2 aromatic rings. The van der Waals surface area contributed by atoms with Crippen LogP contribution in [-0.4, -0.2) is 49.2 Å². The molecule has 0 aromatic heterocycles. The maximum absolute atomic E-state index is 15.7. The Labute approximate surface area is 263 Å². The van der Waals surface area contributed by atoms with Crippen LogP contribution in [0.2, 0.25) is 0 Å². The van der Waals surface area contributed by atoms with Gasteiger partial charge >= 0.3 is 0 Å². The van der Waals surface area contributed by atoms with Crippen LogP contribution in [0.1, 0.15) is 101 Å². The van der Waals surface area contributed by atoms with Crippen LogP contribution in [-0.2, 0) is 26.0 Å². The number of hydrogen-bond acceptors (Lipinski definition) is 6. The van der Waals surface area contributed by atoms with E-state index >= 15 is 8.78 Å². The normalized spacial score (nSPS) is 27.6. The molecule has 1 amide bonds. The summed E-state index contributed by atoms with van der Waals surface area (Å²) in [4.78, 5) is 25.8. The fourth-order valence-corrected chi connectivity index (χ4v) is 9.13. The number of carbonyl (C=O) groups is 2. The van der Waals surface area contributed by atoms with Gasteiger partial charge in [0.15, 0.2) is 11.5 Å². The number of sulfonamides is 1. The second kappa shape index (κ2) is 11.7. The largest absolute Gasteiger partial charge is 0.490 e. The Bertz CT molecular complexity index is 1600. The van der Waals surface area contributed by atoms with Crippen LogP contribution >= 0.6 is 0 Å². The summed E-state index contributed by atoms with van der Waals surface area (Å²) in [6, 6.07) is 10.4. The molecule has 2 N–H and O–H groups in total. The number of alkyl halides is 1. The maximum atomic E-state index is 15.7. The Kier molecular flexibility index (Phi) is 8.04. The van der Waals surface area contributed by atoms with E-state index in [1.165, 1.54) is 6.07 Å². The third kappa shape index (κ3) is 6.29. The van der Waals surface area contributed by atoms with E-state index in [1.807, 2.05) is 12.1 Å². The summed E-state index contributed by atoms with van der Waals surface area (Å²) < 4.78 is 64.3. The average Bonchev–Trinajstić information content (AvgIpc) is 3.62. The van der Waals surface area contributed by atoms with Crippen molar-refractivity contribution in [2.24, 2.45) is 5.92 Å². The Balaban J connectivity index is 1.09. The standard InChI is InChI=1S/C35H42F2N2O5S/c36-29-7-2-6-27(33(29)24-4-1-5-24)28-17-23(19-32(41)39-45(42,43)26-11-12-26)9-13-30(28)44-25-10-8-22(16-25)18-31(40)35(37)20-34(38-21-35)14-3-15-34/h2,6-7,9,13,17,22,24-26,38H,1,3-5,8,10-12,14-16,18-21H2,(H,39,41)/t22-,25-,35+/m1/s1. The summed E-state index contributed by atoms with van der Waals surface area (Å²) in [6.07, 6.45) is 9.18. The molecule has 1 spiro atoms. The lowest BCUT2D eigenvalue weighted by Gasteiger charge is -2.38. The van der Waals surface area contributed by atoms with Gasteiger partial charge in [-0.05, 0) is 111 Å². The van der Waals surface area contributed by atoms with Crippen LogP contribution in [0.25, 0.3) is 11.1 Å². The van der Waals surface area contributed by atoms with Gasteiger partial charge in [0.05, 0.1) is 17.8 Å². The maximum Gasteiger partial charge on any atom is 0.237 e. The molecule has 45 heavy (non-hydrogen) atoms. The molecule has 10 heteroatoms. The van der Waals surface area contributed by atoms with Gasteiger partial charge in [-0.15, -0.1) is 0 Å². The number of amides is 1. The van der Waals surface area contributed by atoms with Crippen LogP contribution in [0.4, 0.5) is 8.78 Å². The van der Waals surface area contributed by atoms with Gasteiger partial charge in [0.25, 0.3) is 0 Å². The number of ether oxygens (including phenoxy) is 1. The minimum atomic E-state index is -3.66. The molecule has 1 aliphatic heterocycles. The third-order valence-corrected chi connectivity index (χ3v) is 12.8. The molecule has 0 radical (unpaired) electrons. The van der Waals surface area contributed by atoms with Gasteiger partial charge in [-0.3, -0.25) is 14.3 Å². The summed E-state index contributed by atoms with van der Waals surface area (Å²) in [5.41, 5.74) is 0.644. The average molecular weight is 641 g/mol. The number of benzene rings is 2. The molecule has 4 aliphatic carbocycles. The fourth-order valence-electron chi connectivity index (χ4n) is 7.82. The van der Waals surface area contributed by atoms with Gasteiger partial charge in [-0.25, -0.2) is 17.2 Å². The lowest BCUT2D eigenvalue weighted by molar-refractivity contribution is -0.131. The Hall–Kier alpha value is -2.85. The number of ketones is 1. The van der Waals surface area contributed by atoms with Gasteiger partial charge < -0.3 is 10.1 Å². The van der Waals surface area contributed by atoms with E-state index in [2.05, 4.69) is 10.0 Å². The SMILES string of the molecule is O=C(Cc1ccc(O[C@@H]2CC[C@@H](CC(=O)[C@@]3(F)CNC4(CCC4)C3)C2)c(-c2cccc(F)c2C2CCC2)c1)NS(=O)(=O)C1CC1. The van der Waals surface area contributed by atoms with Crippen LogP contribution < -0.4 is 14.8 Å². The van der Waals surface area contributed by atoms with E-state index < -0.39 is 26.8 Å². The summed E-state index contributed by atoms with van der Waals surface area (Å²) in [6.45, 7) is 0.107. The molecule has 0 bridgehead atoms. The van der Waals surface area contributed by atoms with E-state index in [4.69, 9.17) is 4.74 Å². The summed E-state index contributed by atoms with van der Waals surface area (Å²) >= 11 is 0. The molecule has 3 atom stereocenters. The topological polar surface area (TPSA) is 102 Å². The zero-order valence-corrected chi connectivity index (χ0v) is 26.4. The quantitative estimate of drug-likeness (QED) is 0.311. The van der Waals surface area contributed by atoms with Gasteiger partial charge in [0.2, 0.25) is 15.9 Å². The van der Waals surface area contributed by atoms with Crippen molar-refractivity contribution in [3.63, 3.8) is 0 Å². The lowest BCUT2D eigenvalue weighted by atomic mass is 9.73. The molecule has 1 saturated heterocycles. The zero-order chi connectivity index (χ0) is 31.4. The highest BCUT2D eigenvalue weighted by Crippen LogP contribution is 2.47. The van der Waals surface area contributed by atoms with E-state index in [0.717, 1.165) is 51.4 Å². The Morgan fingerprint density at radius 2 is 1.80 bits per heavy atom. The lowest BCUT2D eigenvalue weighted by Crippen LogP contribution is -2.46. The van der Waals surface area contributed by atoms with Crippen LogP contribution in [0.15, 0.2) is 36.4 Å². The van der Waals surface area contributed by atoms with Crippen molar-refractivity contribution in [3.05, 3.63) is 53.3 Å². The molecule has 0 unspecified atom stereocenters. The summed E-state index contributed by atoms with van der Waals surface area (Å²) in [5, 5.41) is 2.79.